The number of carbonyl (C=O) groups excluding carboxylic acids is 2. The van der Waals surface area contributed by atoms with E-state index in [4.69, 9.17) is 10.5 Å². The van der Waals surface area contributed by atoms with Gasteiger partial charge in [-0.1, -0.05) is 5.21 Å². The molecule has 2 aromatic carbocycles. The number of rotatable bonds is 7. The molecule has 10 nitrogen and oxygen atoms in total. The summed E-state index contributed by atoms with van der Waals surface area (Å²) in [7, 11) is 0. The monoisotopic (exact) mass is 642 g/mol. The van der Waals surface area contributed by atoms with Gasteiger partial charge < -0.3 is 19.9 Å². The standard InChI is InChI=1S/C32H36F4N7O3/c33-24-13-22(14-26(16-24)43-19-25(17-37)39-40-43)31(45)42-11-9-41(10-12-42)30(44)21-3-6-29(46-27-7-8-38-18-27)28(15-21)20-1-4-23(5-2-20)32(34,35)36/h3,6,13-16,19-20,23,27,37-38H,1-2,4-5,7-12,17-18H2/t20?,23?,27-/m0/s1. The van der Waals surface area contributed by atoms with Gasteiger partial charge in [0.15, 0.2) is 0 Å². The maximum Gasteiger partial charge on any atom is 0.391 e. The molecule has 0 spiro atoms. The van der Waals surface area contributed by atoms with E-state index in [2.05, 4.69) is 15.6 Å². The number of piperazine rings is 1. The van der Waals surface area contributed by atoms with Gasteiger partial charge in [-0.05, 0) is 86.5 Å². The fraction of sp³-hybridized carbons (Fsp3) is 0.500. The minimum absolute atomic E-state index is 0.0384. The Bertz CT molecular complexity index is 1560. The summed E-state index contributed by atoms with van der Waals surface area (Å²) in [5, 5.41) is 11.0. The first kappa shape index (κ1) is 31.9. The second-order valence-electron chi connectivity index (χ2n) is 12.2. The number of ether oxygens (including phenoxy) is 1. The Morgan fingerprint density at radius 2 is 1.63 bits per heavy atom. The summed E-state index contributed by atoms with van der Waals surface area (Å²) in [5.41, 5.74) is 9.48. The predicted molar refractivity (Wildman–Crippen MR) is 159 cm³/mol. The lowest BCUT2D eigenvalue weighted by atomic mass is 9.78. The van der Waals surface area contributed by atoms with E-state index in [1.165, 1.54) is 23.0 Å². The van der Waals surface area contributed by atoms with Crippen LogP contribution in [0.3, 0.4) is 0 Å². The summed E-state index contributed by atoms with van der Waals surface area (Å²) in [6.07, 6.45) is -1.09. The van der Waals surface area contributed by atoms with E-state index in [0.29, 0.717) is 42.1 Å². The van der Waals surface area contributed by atoms with Crippen molar-refractivity contribution in [3.8, 4) is 11.4 Å². The Morgan fingerprint density at radius 1 is 0.935 bits per heavy atom. The molecule has 1 aromatic heterocycles. The minimum atomic E-state index is -4.21. The van der Waals surface area contributed by atoms with Crippen LogP contribution in [-0.2, 0) is 6.54 Å². The maximum atomic E-state index is 14.5. The molecule has 0 bridgehead atoms. The number of nitrogens with one attached hydrogen (secondary N) is 2. The van der Waals surface area contributed by atoms with Gasteiger partial charge in [-0.2, -0.15) is 13.2 Å². The number of alkyl halides is 3. The van der Waals surface area contributed by atoms with Crippen LogP contribution in [0.4, 0.5) is 17.6 Å². The van der Waals surface area contributed by atoms with Gasteiger partial charge in [-0.3, -0.25) is 15.3 Å². The molecule has 2 aliphatic heterocycles. The highest BCUT2D eigenvalue weighted by Gasteiger charge is 2.42. The van der Waals surface area contributed by atoms with Crippen molar-refractivity contribution in [2.45, 2.75) is 56.8 Å². The highest BCUT2D eigenvalue weighted by atomic mass is 19.4. The fourth-order valence-electron chi connectivity index (χ4n) is 6.56. The van der Waals surface area contributed by atoms with Gasteiger partial charge in [0.05, 0.1) is 30.0 Å². The average molecular weight is 643 g/mol. The highest BCUT2D eigenvalue weighted by molar-refractivity contribution is 5.96. The zero-order chi connectivity index (χ0) is 32.4. The molecule has 245 valence electrons. The lowest BCUT2D eigenvalue weighted by Gasteiger charge is -2.35. The normalized spacial score (nSPS) is 22.2. The number of amides is 2. The molecule has 3 aliphatic rings. The Hall–Kier alpha value is -4.04. The van der Waals surface area contributed by atoms with Crippen molar-refractivity contribution in [2.75, 3.05) is 39.3 Å². The van der Waals surface area contributed by atoms with Gasteiger partial charge in [0.1, 0.15) is 17.7 Å². The summed E-state index contributed by atoms with van der Waals surface area (Å²) in [4.78, 5) is 30.2. The van der Waals surface area contributed by atoms with Crippen LogP contribution in [0.25, 0.3) is 5.69 Å². The number of hydrogen-bond acceptors (Lipinski definition) is 6. The summed E-state index contributed by atoms with van der Waals surface area (Å²) in [6, 6.07) is 9.14. The number of nitrogens with zero attached hydrogens (tertiary/aromatic N) is 5. The predicted octanol–water partition coefficient (Wildman–Crippen LogP) is 4.36. The van der Waals surface area contributed by atoms with Crippen molar-refractivity contribution in [3.63, 3.8) is 0 Å². The Balaban J connectivity index is 1.13. The third-order valence-electron chi connectivity index (χ3n) is 9.17. The number of aromatic nitrogens is 3. The van der Waals surface area contributed by atoms with Gasteiger partial charge in [0.25, 0.3) is 11.8 Å². The minimum Gasteiger partial charge on any atom is -0.489 e. The van der Waals surface area contributed by atoms with E-state index in [1.54, 1.807) is 28.0 Å². The lowest BCUT2D eigenvalue weighted by molar-refractivity contribution is -0.182. The SMILES string of the molecule is [NH]Cc1cn(-c2cc(F)cc(C(=O)N3CCN(C(=O)c4ccc(O[C@H]5CCNC5)c(C5CCC(C(F)(F)F)CC5)c4)CC3)c2)nn1. The summed E-state index contributed by atoms with van der Waals surface area (Å²) in [6.45, 7) is 2.46. The van der Waals surface area contributed by atoms with E-state index in [-0.39, 0.29) is 75.0 Å². The second kappa shape index (κ2) is 13.4. The second-order valence-corrected chi connectivity index (χ2v) is 12.2. The van der Waals surface area contributed by atoms with Crippen LogP contribution in [-0.4, -0.2) is 88.2 Å². The molecule has 2 saturated heterocycles. The van der Waals surface area contributed by atoms with Crippen LogP contribution < -0.4 is 15.8 Å². The summed E-state index contributed by atoms with van der Waals surface area (Å²) >= 11 is 0. The Kier molecular flexibility index (Phi) is 9.27. The van der Waals surface area contributed by atoms with E-state index in [9.17, 15) is 27.2 Å². The van der Waals surface area contributed by atoms with E-state index >= 15 is 0 Å². The van der Waals surface area contributed by atoms with Crippen molar-refractivity contribution in [3.05, 3.63) is 70.8 Å². The first-order valence-electron chi connectivity index (χ1n) is 15.6. The van der Waals surface area contributed by atoms with E-state index in [1.807, 2.05) is 0 Å². The van der Waals surface area contributed by atoms with Crippen LogP contribution >= 0.6 is 0 Å². The molecule has 6 rings (SSSR count). The van der Waals surface area contributed by atoms with Gasteiger partial charge in [0.2, 0.25) is 0 Å². The largest absolute Gasteiger partial charge is 0.489 e. The highest BCUT2D eigenvalue weighted by Crippen LogP contribution is 2.45. The molecule has 2 N–H and O–H groups in total. The van der Waals surface area contributed by atoms with Crippen LogP contribution in [0.15, 0.2) is 42.6 Å². The zero-order valence-corrected chi connectivity index (χ0v) is 25.2. The molecular weight excluding hydrogens is 606 g/mol. The summed E-state index contributed by atoms with van der Waals surface area (Å²) in [5.74, 6) is -2.05. The van der Waals surface area contributed by atoms with Crippen molar-refractivity contribution in [2.24, 2.45) is 5.92 Å². The van der Waals surface area contributed by atoms with Crippen LogP contribution in [0.1, 0.15) is 70.0 Å². The van der Waals surface area contributed by atoms with Crippen LogP contribution in [0.2, 0.25) is 0 Å². The molecule has 1 radical (unpaired) electrons. The van der Waals surface area contributed by atoms with Gasteiger partial charge in [-0.25, -0.2) is 9.07 Å². The molecular formula is C32H36F4N7O3. The van der Waals surface area contributed by atoms with E-state index < -0.39 is 17.9 Å². The fourth-order valence-corrected chi connectivity index (χ4v) is 6.56. The number of benzene rings is 2. The zero-order valence-electron chi connectivity index (χ0n) is 25.2. The van der Waals surface area contributed by atoms with Crippen molar-refractivity contribution >= 4 is 11.8 Å². The van der Waals surface area contributed by atoms with E-state index in [0.717, 1.165) is 24.6 Å². The van der Waals surface area contributed by atoms with Crippen molar-refractivity contribution < 1.29 is 31.9 Å². The summed E-state index contributed by atoms with van der Waals surface area (Å²) < 4.78 is 62.1. The molecule has 3 aromatic rings. The first-order valence-corrected chi connectivity index (χ1v) is 15.6. The maximum absolute atomic E-state index is 14.5. The van der Waals surface area contributed by atoms with Gasteiger partial charge in [0, 0.05) is 43.9 Å². The quantitative estimate of drug-likeness (QED) is 0.383. The molecule has 14 heteroatoms. The average Bonchev–Trinajstić information content (AvgIpc) is 3.76. The van der Waals surface area contributed by atoms with Crippen molar-refractivity contribution in [1.82, 2.24) is 35.8 Å². The number of hydrogen-bond donors (Lipinski definition) is 1. The van der Waals surface area contributed by atoms with Crippen LogP contribution in [0.5, 0.6) is 5.75 Å². The number of carbonyl (C=O) groups is 2. The van der Waals surface area contributed by atoms with Gasteiger partial charge >= 0.3 is 6.18 Å². The molecule has 3 fully saturated rings. The molecule has 46 heavy (non-hydrogen) atoms. The smallest absolute Gasteiger partial charge is 0.391 e. The molecule has 2 amide bonds. The Morgan fingerprint density at radius 3 is 2.24 bits per heavy atom. The molecule has 1 aliphatic carbocycles. The van der Waals surface area contributed by atoms with Gasteiger partial charge in [-0.15, -0.1) is 5.10 Å². The lowest BCUT2D eigenvalue weighted by Crippen LogP contribution is -2.50. The third kappa shape index (κ3) is 7.02. The molecule has 1 saturated carbocycles. The third-order valence-corrected chi connectivity index (χ3v) is 9.17. The topological polar surface area (TPSA) is 116 Å². The van der Waals surface area contributed by atoms with Crippen molar-refractivity contribution in [1.29, 1.82) is 0 Å². The number of halogens is 4. The van der Waals surface area contributed by atoms with Crippen LogP contribution in [0, 0.1) is 11.7 Å². The first-order chi connectivity index (χ1) is 22.1. The Labute approximate surface area is 263 Å². The molecule has 3 heterocycles. The molecule has 1 atom stereocenters. The molecule has 0 unspecified atom stereocenters.